The van der Waals surface area contributed by atoms with Crippen LogP contribution in [0.25, 0.3) is 0 Å². The first kappa shape index (κ1) is 23.4. The number of sulfone groups is 1. The molecule has 3 rings (SSSR count). The average molecular weight is 471 g/mol. The Bertz CT molecular complexity index is 1190. The summed E-state index contributed by atoms with van der Waals surface area (Å²) >= 11 is 0. The first-order valence-corrected chi connectivity index (χ1v) is 10.8. The summed E-state index contributed by atoms with van der Waals surface area (Å²) in [6.45, 7) is 2.05. The zero-order valence-corrected chi connectivity index (χ0v) is 18.1. The van der Waals surface area contributed by atoms with Gasteiger partial charge in [-0.2, -0.15) is 0 Å². The zero-order chi connectivity index (χ0) is 23.9. The topological polar surface area (TPSA) is 137 Å². The van der Waals surface area contributed by atoms with Gasteiger partial charge in [-0.05, 0) is 32.0 Å². The fraction of sp³-hybridized carbons (Fsp3) is 0.368. The maximum atomic E-state index is 14.7. The number of methoxy groups -OCH3 is 1. The van der Waals surface area contributed by atoms with Crippen molar-refractivity contribution in [3.63, 3.8) is 0 Å². The Morgan fingerprint density at radius 1 is 1.25 bits per heavy atom. The van der Waals surface area contributed by atoms with Gasteiger partial charge in [0.1, 0.15) is 22.9 Å². The summed E-state index contributed by atoms with van der Waals surface area (Å²) in [7, 11) is -3.14. The van der Waals surface area contributed by atoms with Crippen LogP contribution in [0, 0.1) is 5.82 Å². The highest BCUT2D eigenvalue weighted by Gasteiger charge is 2.57. The molecule has 0 saturated heterocycles. The number of rotatable bonds is 5. The predicted octanol–water partition coefficient (Wildman–Crippen LogP) is 1.90. The summed E-state index contributed by atoms with van der Waals surface area (Å²) in [6, 6.07) is 3.40. The molecule has 0 aliphatic carbocycles. The SMILES string of the molecule is COc1cnc(C(=O)Nc2ccc(F)c([C@]3(C)CS(=O)(=O)[C@](C)(C(F)F)C(N)=N3)c2)cn1. The predicted molar refractivity (Wildman–Crippen MR) is 110 cm³/mol. The molecule has 1 aliphatic heterocycles. The molecule has 0 fully saturated rings. The summed E-state index contributed by atoms with van der Waals surface area (Å²) < 4.78 is 69.3. The minimum Gasteiger partial charge on any atom is -0.480 e. The van der Waals surface area contributed by atoms with E-state index in [1.165, 1.54) is 38.6 Å². The van der Waals surface area contributed by atoms with Gasteiger partial charge in [0, 0.05) is 11.3 Å². The Balaban J connectivity index is 1.98. The molecule has 2 heterocycles. The maximum Gasteiger partial charge on any atom is 0.275 e. The maximum absolute atomic E-state index is 14.7. The number of hydrogen-bond acceptors (Lipinski definition) is 8. The highest BCUT2D eigenvalue weighted by molar-refractivity contribution is 7.93. The molecule has 0 unspecified atom stereocenters. The van der Waals surface area contributed by atoms with E-state index < -0.39 is 49.9 Å². The summed E-state index contributed by atoms with van der Waals surface area (Å²) in [5.41, 5.74) is 3.66. The third-order valence-corrected chi connectivity index (χ3v) is 7.91. The summed E-state index contributed by atoms with van der Waals surface area (Å²) in [6.07, 6.45) is -0.915. The van der Waals surface area contributed by atoms with Gasteiger partial charge in [-0.3, -0.25) is 9.79 Å². The van der Waals surface area contributed by atoms with E-state index in [4.69, 9.17) is 10.5 Å². The monoisotopic (exact) mass is 471 g/mol. The molecule has 1 aliphatic rings. The Hall–Kier alpha value is -3.22. The van der Waals surface area contributed by atoms with Crippen LogP contribution in [0.2, 0.25) is 0 Å². The average Bonchev–Trinajstić information content (AvgIpc) is 2.72. The second kappa shape index (κ2) is 8.04. The number of alkyl halides is 2. The van der Waals surface area contributed by atoms with Gasteiger partial charge in [0.15, 0.2) is 14.6 Å². The van der Waals surface area contributed by atoms with Gasteiger partial charge in [0.05, 0.1) is 25.3 Å². The van der Waals surface area contributed by atoms with Crippen LogP contribution >= 0.6 is 0 Å². The molecule has 2 aromatic rings. The largest absolute Gasteiger partial charge is 0.480 e. The van der Waals surface area contributed by atoms with Crippen LogP contribution in [-0.4, -0.2) is 54.2 Å². The number of nitrogens with two attached hydrogens (primary N) is 1. The first-order valence-electron chi connectivity index (χ1n) is 9.18. The highest BCUT2D eigenvalue weighted by Crippen LogP contribution is 2.40. The van der Waals surface area contributed by atoms with Crippen molar-refractivity contribution >= 4 is 27.3 Å². The van der Waals surface area contributed by atoms with Crippen LogP contribution in [0.15, 0.2) is 35.6 Å². The van der Waals surface area contributed by atoms with Crippen molar-refractivity contribution in [1.82, 2.24) is 9.97 Å². The summed E-state index contributed by atoms with van der Waals surface area (Å²) in [5, 5.41) is 2.49. The number of nitrogens with zero attached hydrogens (tertiary/aromatic N) is 3. The molecule has 0 radical (unpaired) electrons. The molecule has 172 valence electrons. The number of hydrogen-bond donors (Lipinski definition) is 2. The molecule has 13 heteroatoms. The van der Waals surface area contributed by atoms with Gasteiger partial charge in [-0.25, -0.2) is 31.6 Å². The Morgan fingerprint density at radius 3 is 2.47 bits per heavy atom. The molecular formula is C19H20F3N5O4S. The van der Waals surface area contributed by atoms with Crippen molar-refractivity contribution in [2.45, 2.75) is 30.6 Å². The van der Waals surface area contributed by atoms with Crippen LogP contribution < -0.4 is 15.8 Å². The second-order valence-corrected chi connectivity index (χ2v) is 9.90. The smallest absolute Gasteiger partial charge is 0.275 e. The number of ether oxygens (including phenoxy) is 1. The van der Waals surface area contributed by atoms with Crippen LogP contribution in [0.5, 0.6) is 5.88 Å². The third kappa shape index (κ3) is 3.87. The van der Waals surface area contributed by atoms with E-state index in [1.807, 2.05) is 0 Å². The molecule has 3 N–H and O–H groups in total. The molecule has 32 heavy (non-hydrogen) atoms. The number of nitrogens with one attached hydrogen (secondary N) is 1. The standard InChI is InChI=1S/C19H20F3N5O4S/c1-18(9-32(29,30)19(2,16(21)22)17(23)27-18)11-6-10(4-5-12(11)20)26-15(28)13-7-25-14(31-3)8-24-13/h4-8,16H,9H2,1-3H3,(H2,23,27)(H,26,28)/t18-,19+/m0/s1. The highest BCUT2D eigenvalue weighted by atomic mass is 32.2. The van der Waals surface area contributed by atoms with Crippen LogP contribution in [0.4, 0.5) is 18.9 Å². The minimum absolute atomic E-state index is 0.0573. The van der Waals surface area contributed by atoms with Gasteiger partial charge in [0.2, 0.25) is 5.88 Å². The fourth-order valence-electron chi connectivity index (χ4n) is 3.22. The second-order valence-electron chi connectivity index (χ2n) is 7.53. The Morgan fingerprint density at radius 2 is 1.94 bits per heavy atom. The van der Waals surface area contributed by atoms with E-state index in [2.05, 4.69) is 20.3 Å². The first-order chi connectivity index (χ1) is 14.8. The molecule has 1 aromatic carbocycles. The molecular weight excluding hydrogens is 451 g/mol. The zero-order valence-electron chi connectivity index (χ0n) is 17.3. The van der Waals surface area contributed by atoms with Gasteiger partial charge < -0.3 is 15.8 Å². The third-order valence-electron chi connectivity index (χ3n) is 5.28. The van der Waals surface area contributed by atoms with Crippen molar-refractivity contribution in [1.29, 1.82) is 0 Å². The lowest BCUT2D eigenvalue weighted by atomic mass is 9.92. The number of halogens is 3. The van der Waals surface area contributed by atoms with E-state index in [0.29, 0.717) is 0 Å². The van der Waals surface area contributed by atoms with E-state index in [9.17, 15) is 26.4 Å². The van der Waals surface area contributed by atoms with Gasteiger partial charge in [0.25, 0.3) is 12.3 Å². The summed E-state index contributed by atoms with van der Waals surface area (Å²) in [4.78, 5) is 24.1. The molecule has 1 amide bonds. The lowest BCUT2D eigenvalue weighted by Crippen LogP contribution is -2.60. The van der Waals surface area contributed by atoms with E-state index >= 15 is 0 Å². The van der Waals surface area contributed by atoms with Crippen LogP contribution in [0.3, 0.4) is 0 Å². The van der Waals surface area contributed by atoms with Gasteiger partial charge in [-0.1, -0.05) is 0 Å². The van der Waals surface area contributed by atoms with Gasteiger partial charge in [-0.15, -0.1) is 0 Å². The molecule has 2 atom stereocenters. The number of aliphatic imine (C=N–C) groups is 1. The molecule has 0 saturated carbocycles. The quantitative estimate of drug-likeness (QED) is 0.680. The molecule has 0 bridgehead atoms. The summed E-state index contributed by atoms with van der Waals surface area (Å²) in [5.74, 6) is -3.04. The fourth-order valence-corrected chi connectivity index (χ4v) is 5.12. The normalized spacial score (nSPS) is 24.7. The van der Waals surface area contributed by atoms with E-state index in [0.717, 1.165) is 13.0 Å². The van der Waals surface area contributed by atoms with Crippen LogP contribution in [-0.2, 0) is 15.4 Å². The van der Waals surface area contributed by atoms with E-state index in [1.54, 1.807) is 0 Å². The van der Waals surface area contributed by atoms with Crippen molar-refractivity contribution in [3.8, 4) is 5.88 Å². The number of carbonyl (C=O) groups excluding carboxylic acids is 1. The van der Waals surface area contributed by atoms with Crippen molar-refractivity contribution in [2.24, 2.45) is 10.7 Å². The number of benzene rings is 1. The van der Waals surface area contributed by atoms with Crippen molar-refractivity contribution in [2.75, 3.05) is 18.2 Å². The molecule has 1 aromatic heterocycles. The van der Waals surface area contributed by atoms with Crippen LogP contribution in [0.1, 0.15) is 29.9 Å². The Kier molecular flexibility index (Phi) is 5.89. The van der Waals surface area contributed by atoms with Gasteiger partial charge >= 0.3 is 0 Å². The molecule has 9 nitrogen and oxygen atoms in total. The number of anilines is 1. The lowest BCUT2D eigenvalue weighted by Gasteiger charge is -2.39. The number of carbonyl (C=O) groups is 1. The van der Waals surface area contributed by atoms with Crippen molar-refractivity contribution < 1.29 is 31.1 Å². The number of amides is 1. The minimum atomic E-state index is -4.52. The number of amidine groups is 1. The number of aromatic nitrogens is 2. The Labute approximate surface area is 181 Å². The lowest BCUT2D eigenvalue weighted by molar-refractivity contribution is 0.102. The van der Waals surface area contributed by atoms with E-state index in [-0.39, 0.29) is 22.8 Å². The molecule has 0 spiro atoms. The van der Waals surface area contributed by atoms with Crippen molar-refractivity contribution in [3.05, 3.63) is 47.7 Å².